The van der Waals surface area contributed by atoms with Gasteiger partial charge in [0, 0.05) is 10.6 Å². The van der Waals surface area contributed by atoms with Gasteiger partial charge in [0.15, 0.2) is 0 Å². The monoisotopic (exact) mass is 292 g/mol. The van der Waals surface area contributed by atoms with Crippen LogP contribution in [0.4, 0.5) is 4.39 Å². The minimum absolute atomic E-state index is 0.286. The molecular formula is C14H14BFO3S. The third kappa shape index (κ3) is 3.53. The smallest absolute Gasteiger partial charge is 0.488 e. The van der Waals surface area contributed by atoms with Crippen molar-refractivity contribution in [1.29, 1.82) is 0 Å². The molecule has 0 saturated carbocycles. The summed E-state index contributed by atoms with van der Waals surface area (Å²) in [7, 11) is -0.0184. The molecule has 3 nitrogen and oxygen atoms in total. The van der Waals surface area contributed by atoms with Gasteiger partial charge in [-0.3, -0.25) is 0 Å². The molecule has 104 valence electrons. The molecule has 2 aromatic carbocycles. The Morgan fingerprint density at radius 2 is 1.95 bits per heavy atom. The number of halogens is 1. The zero-order valence-electron chi connectivity index (χ0n) is 10.9. The van der Waals surface area contributed by atoms with Gasteiger partial charge in [0.2, 0.25) is 0 Å². The molecule has 0 atom stereocenters. The van der Waals surface area contributed by atoms with Crippen molar-refractivity contribution < 1.29 is 19.2 Å². The number of rotatable bonds is 5. The predicted molar refractivity (Wildman–Crippen MR) is 78.8 cm³/mol. The number of ether oxygens (including phenoxy) is 1. The Kier molecular flexibility index (Phi) is 5.06. The maximum Gasteiger partial charge on any atom is 0.488 e. The first-order valence-corrected chi connectivity index (χ1v) is 7.00. The molecule has 0 heterocycles. The number of thioether (sulfide) groups is 1. The molecule has 0 amide bonds. The summed E-state index contributed by atoms with van der Waals surface area (Å²) in [6.45, 7) is 0. The van der Waals surface area contributed by atoms with Crippen LogP contribution in [0.15, 0.2) is 47.4 Å². The largest absolute Gasteiger partial charge is 0.497 e. The SMILES string of the molecule is COc1ccc(B(O)O)c(CSc2ccccc2F)c1. The van der Waals surface area contributed by atoms with E-state index in [4.69, 9.17) is 4.74 Å². The molecule has 2 aromatic rings. The van der Waals surface area contributed by atoms with Gasteiger partial charge in [-0.1, -0.05) is 18.2 Å². The lowest BCUT2D eigenvalue weighted by Gasteiger charge is -2.11. The van der Waals surface area contributed by atoms with Gasteiger partial charge >= 0.3 is 7.12 Å². The van der Waals surface area contributed by atoms with E-state index in [1.807, 2.05) is 0 Å². The lowest BCUT2D eigenvalue weighted by molar-refractivity contribution is 0.413. The number of hydrogen-bond acceptors (Lipinski definition) is 4. The van der Waals surface area contributed by atoms with Gasteiger partial charge in [-0.25, -0.2) is 4.39 Å². The zero-order valence-corrected chi connectivity index (χ0v) is 11.7. The van der Waals surface area contributed by atoms with Gasteiger partial charge in [-0.15, -0.1) is 11.8 Å². The summed E-state index contributed by atoms with van der Waals surface area (Å²) >= 11 is 1.30. The van der Waals surface area contributed by atoms with Crippen molar-refractivity contribution in [2.24, 2.45) is 0 Å². The quantitative estimate of drug-likeness (QED) is 0.652. The highest BCUT2D eigenvalue weighted by Crippen LogP contribution is 2.26. The van der Waals surface area contributed by atoms with Crippen LogP contribution in [0.5, 0.6) is 5.75 Å². The van der Waals surface area contributed by atoms with E-state index in [9.17, 15) is 14.4 Å². The topological polar surface area (TPSA) is 49.7 Å². The molecule has 0 spiro atoms. The first-order chi connectivity index (χ1) is 9.61. The van der Waals surface area contributed by atoms with Gasteiger partial charge in [-0.2, -0.15) is 0 Å². The Hall–Kier alpha value is -1.50. The van der Waals surface area contributed by atoms with Crippen molar-refractivity contribution in [3.63, 3.8) is 0 Å². The van der Waals surface area contributed by atoms with Gasteiger partial charge in [-0.05, 0) is 35.3 Å². The lowest BCUT2D eigenvalue weighted by atomic mass is 9.77. The highest BCUT2D eigenvalue weighted by atomic mass is 32.2. The summed E-state index contributed by atoms with van der Waals surface area (Å²) in [6, 6.07) is 11.5. The highest BCUT2D eigenvalue weighted by Gasteiger charge is 2.17. The molecule has 0 bridgehead atoms. The molecule has 2 rings (SSSR count). The van der Waals surface area contributed by atoms with Crippen LogP contribution in [-0.4, -0.2) is 24.3 Å². The standard InChI is InChI=1S/C14H14BFO3S/c1-19-11-6-7-12(15(17)18)10(8-11)9-20-14-5-3-2-4-13(14)16/h2-8,17-18H,9H2,1H3. The molecule has 0 aliphatic rings. The third-order valence-corrected chi connectivity index (χ3v) is 3.95. The fraction of sp³-hybridized carbons (Fsp3) is 0.143. The molecule has 2 N–H and O–H groups in total. The van der Waals surface area contributed by atoms with E-state index in [1.54, 1.807) is 36.4 Å². The first kappa shape index (κ1) is 14.9. The lowest BCUT2D eigenvalue weighted by Crippen LogP contribution is -2.32. The van der Waals surface area contributed by atoms with Crippen LogP contribution < -0.4 is 10.2 Å². The molecule has 0 aromatic heterocycles. The van der Waals surface area contributed by atoms with Crippen molar-refractivity contribution in [1.82, 2.24) is 0 Å². The van der Waals surface area contributed by atoms with Crippen LogP contribution in [0.1, 0.15) is 5.56 Å². The molecular weight excluding hydrogens is 278 g/mol. The second kappa shape index (κ2) is 6.79. The van der Waals surface area contributed by atoms with E-state index in [0.717, 1.165) is 0 Å². The minimum atomic E-state index is -1.56. The Bertz CT molecular complexity index is 592. The highest BCUT2D eigenvalue weighted by molar-refractivity contribution is 7.98. The summed E-state index contributed by atoms with van der Waals surface area (Å²) in [5, 5.41) is 18.7. The van der Waals surface area contributed by atoms with Crippen LogP contribution in [0.25, 0.3) is 0 Å². The van der Waals surface area contributed by atoms with Gasteiger partial charge in [0.25, 0.3) is 0 Å². The molecule has 0 aliphatic carbocycles. The Balaban J connectivity index is 2.21. The van der Waals surface area contributed by atoms with Crippen LogP contribution in [0.2, 0.25) is 0 Å². The number of methoxy groups -OCH3 is 1. The molecule has 6 heteroatoms. The van der Waals surface area contributed by atoms with Gasteiger partial charge in [0.1, 0.15) is 11.6 Å². The fourth-order valence-corrected chi connectivity index (χ4v) is 2.74. The molecule has 0 unspecified atom stereocenters. The Morgan fingerprint density at radius 1 is 1.20 bits per heavy atom. The van der Waals surface area contributed by atoms with E-state index in [1.165, 1.54) is 24.9 Å². The zero-order chi connectivity index (χ0) is 14.5. The van der Waals surface area contributed by atoms with E-state index < -0.39 is 7.12 Å². The summed E-state index contributed by atoms with van der Waals surface area (Å²) < 4.78 is 18.7. The van der Waals surface area contributed by atoms with Crippen LogP contribution in [0, 0.1) is 5.82 Å². The number of hydrogen-bond donors (Lipinski definition) is 2. The second-order valence-electron chi connectivity index (χ2n) is 4.16. The van der Waals surface area contributed by atoms with Crippen LogP contribution >= 0.6 is 11.8 Å². The molecule has 20 heavy (non-hydrogen) atoms. The molecule has 0 radical (unpaired) electrons. The summed E-state index contributed by atoms with van der Waals surface area (Å²) in [5.41, 5.74) is 1.10. The van der Waals surface area contributed by atoms with Crippen molar-refractivity contribution in [2.45, 2.75) is 10.6 Å². The van der Waals surface area contributed by atoms with Crippen LogP contribution in [0.3, 0.4) is 0 Å². The van der Waals surface area contributed by atoms with Crippen molar-refractivity contribution in [3.05, 3.63) is 53.8 Å². The molecule has 0 saturated heterocycles. The van der Waals surface area contributed by atoms with Crippen molar-refractivity contribution in [3.8, 4) is 5.75 Å². The van der Waals surface area contributed by atoms with Crippen molar-refractivity contribution in [2.75, 3.05) is 7.11 Å². The Morgan fingerprint density at radius 3 is 2.60 bits per heavy atom. The number of benzene rings is 2. The van der Waals surface area contributed by atoms with Crippen LogP contribution in [-0.2, 0) is 5.75 Å². The van der Waals surface area contributed by atoms with E-state index >= 15 is 0 Å². The van der Waals surface area contributed by atoms with Gasteiger partial charge < -0.3 is 14.8 Å². The predicted octanol–water partition coefficient (Wildman–Crippen LogP) is 1.81. The molecule has 0 aliphatic heterocycles. The maximum atomic E-state index is 13.6. The second-order valence-corrected chi connectivity index (χ2v) is 5.17. The Labute approximate surface area is 121 Å². The van der Waals surface area contributed by atoms with Gasteiger partial charge in [0.05, 0.1) is 7.11 Å². The molecule has 0 fully saturated rings. The first-order valence-electron chi connectivity index (χ1n) is 6.02. The average Bonchev–Trinajstić information content (AvgIpc) is 2.46. The van der Waals surface area contributed by atoms with E-state index in [0.29, 0.717) is 27.4 Å². The maximum absolute atomic E-state index is 13.6. The summed E-state index contributed by atoms with van der Waals surface area (Å²) in [4.78, 5) is 0.522. The summed E-state index contributed by atoms with van der Waals surface area (Å²) in [5.74, 6) is 0.760. The normalized spacial score (nSPS) is 10.4. The minimum Gasteiger partial charge on any atom is -0.497 e. The van der Waals surface area contributed by atoms with E-state index in [-0.39, 0.29) is 5.82 Å². The third-order valence-electron chi connectivity index (χ3n) is 2.85. The fourth-order valence-electron chi connectivity index (χ4n) is 1.80. The average molecular weight is 292 g/mol. The van der Waals surface area contributed by atoms with Crippen molar-refractivity contribution >= 4 is 24.3 Å². The van der Waals surface area contributed by atoms with E-state index in [2.05, 4.69) is 0 Å². The summed E-state index contributed by atoms with van der Waals surface area (Å²) in [6.07, 6.45) is 0.